The molecular formula is C10H11NO2S. The van der Waals surface area contributed by atoms with Crippen LogP contribution < -0.4 is 5.32 Å². The first-order chi connectivity index (χ1) is 6.68. The van der Waals surface area contributed by atoms with Crippen LogP contribution in [-0.2, 0) is 11.2 Å². The van der Waals surface area contributed by atoms with Gasteiger partial charge in [0.15, 0.2) is 5.78 Å². The van der Waals surface area contributed by atoms with Crippen LogP contribution in [0.3, 0.4) is 0 Å². The Morgan fingerprint density at radius 3 is 3.00 bits per heavy atom. The predicted octanol–water partition coefficient (Wildman–Crippen LogP) is 2.23. The molecule has 0 saturated heterocycles. The molecule has 74 valence electrons. The molecule has 1 aromatic heterocycles. The number of nitrogens with one attached hydrogen (secondary N) is 1. The number of hydrogen-bond acceptors (Lipinski definition) is 3. The zero-order valence-corrected chi connectivity index (χ0v) is 8.74. The van der Waals surface area contributed by atoms with E-state index < -0.39 is 0 Å². The van der Waals surface area contributed by atoms with Crippen LogP contribution in [-0.4, -0.2) is 11.7 Å². The van der Waals surface area contributed by atoms with Gasteiger partial charge >= 0.3 is 0 Å². The highest BCUT2D eigenvalue weighted by molar-refractivity contribution is 7.11. The Kier molecular flexibility index (Phi) is 2.37. The maximum Gasteiger partial charge on any atom is 0.221 e. The first-order valence-corrected chi connectivity index (χ1v) is 5.47. The molecule has 2 rings (SSSR count). The zero-order valence-electron chi connectivity index (χ0n) is 7.92. The summed E-state index contributed by atoms with van der Waals surface area (Å²) >= 11 is 1.56. The Bertz CT molecular complexity index is 395. The SMILES string of the molecule is CC(=O)Nc1csc2c1C(=O)CCC2. The summed E-state index contributed by atoms with van der Waals surface area (Å²) in [7, 11) is 0. The molecule has 1 aliphatic carbocycles. The minimum Gasteiger partial charge on any atom is -0.325 e. The Balaban J connectivity index is 2.38. The number of amides is 1. The Morgan fingerprint density at radius 2 is 2.29 bits per heavy atom. The molecule has 0 atom stereocenters. The molecule has 1 heterocycles. The summed E-state index contributed by atoms with van der Waals surface area (Å²) in [6.07, 6.45) is 2.51. The molecular weight excluding hydrogens is 198 g/mol. The fourth-order valence-electron chi connectivity index (χ4n) is 1.70. The standard InChI is InChI=1S/C10H11NO2S/c1-6(12)11-7-5-14-9-4-2-3-8(13)10(7)9/h5H,2-4H2,1H3,(H,11,12). The predicted molar refractivity (Wildman–Crippen MR) is 55.9 cm³/mol. The van der Waals surface area contributed by atoms with Crippen LogP contribution in [0.4, 0.5) is 5.69 Å². The Hall–Kier alpha value is -1.16. The molecule has 0 saturated carbocycles. The van der Waals surface area contributed by atoms with Gasteiger partial charge in [-0.2, -0.15) is 0 Å². The molecule has 1 aliphatic rings. The van der Waals surface area contributed by atoms with Gasteiger partial charge in [-0.05, 0) is 12.8 Å². The van der Waals surface area contributed by atoms with E-state index in [1.54, 1.807) is 11.3 Å². The second kappa shape index (κ2) is 3.53. The summed E-state index contributed by atoms with van der Waals surface area (Å²) in [4.78, 5) is 23.6. The minimum absolute atomic E-state index is 0.121. The van der Waals surface area contributed by atoms with Crippen molar-refractivity contribution in [3.05, 3.63) is 15.8 Å². The lowest BCUT2D eigenvalue weighted by molar-refractivity contribution is -0.114. The fraction of sp³-hybridized carbons (Fsp3) is 0.400. The summed E-state index contributed by atoms with van der Waals surface area (Å²) < 4.78 is 0. The number of thiophene rings is 1. The maximum atomic E-state index is 11.6. The van der Waals surface area contributed by atoms with Gasteiger partial charge in [0.25, 0.3) is 0 Å². The van der Waals surface area contributed by atoms with E-state index in [9.17, 15) is 9.59 Å². The lowest BCUT2D eigenvalue weighted by atomic mass is 9.97. The van der Waals surface area contributed by atoms with Crippen LogP contribution in [0.25, 0.3) is 0 Å². The van der Waals surface area contributed by atoms with Crippen LogP contribution in [0.1, 0.15) is 35.0 Å². The van der Waals surface area contributed by atoms with E-state index in [0.717, 1.165) is 23.3 Å². The van der Waals surface area contributed by atoms with Crippen LogP contribution in [0.15, 0.2) is 5.38 Å². The number of Topliss-reactive ketones (excluding diaryl/α,β-unsaturated/α-hetero) is 1. The van der Waals surface area contributed by atoms with Crippen molar-refractivity contribution in [1.29, 1.82) is 0 Å². The number of rotatable bonds is 1. The average Bonchev–Trinajstić information content (AvgIpc) is 2.49. The lowest BCUT2D eigenvalue weighted by Crippen LogP contribution is -2.13. The lowest BCUT2D eigenvalue weighted by Gasteiger charge is -2.11. The van der Waals surface area contributed by atoms with E-state index in [-0.39, 0.29) is 11.7 Å². The van der Waals surface area contributed by atoms with E-state index >= 15 is 0 Å². The normalized spacial score (nSPS) is 15.1. The van der Waals surface area contributed by atoms with Gasteiger partial charge in [-0.3, -0.25) is 9.59 Å². The van der Waals surface area contributed by atoms with Crippen molar-refractivity contribution >= 4 is 28.7 Å². The van der Waals surface area contributed by atoms with Crippen molar-refractivity contribution in [1.82, 2.24) is 0 Å². The monoisotopic (exact) mass is 209 g/mol. The maximum absolute atomic E-state index is 11.6. The second-order valence-corrected chi connectivity index (χ2v) is 4.37. The van der Waals surface area contributed by atoms with Gasteiger partial charge in [-0.1, -0.05) is 0 Å². The quantitative estimate of drug-likeness (QED) is 0.770. The number of carbonyl (C=O) groups excluding carboxylic acids is 2. The highest BCUT2D eigenvalue weighted by Crippen LogP contribution is 2.33. The third kappa shape index (κ3) is 1.57. The molecule has 0 aliphatic heterocycles. The third-order valence-corrected chi connectivity index (χ3v) is 3.31. The average molecular weight is 209 g/mol. The first kappa shape index (κ1) is 9.40. The van der Waals surface area contributed by atoms with Crippen molar-refractivity contribution in [2.24, 2.45) is 0 Å². The van der Waals surface area contributed by atoms with E-state index in [4.69, 9.17) is 0 Å². The van der Waals surface area contributed by atoms with Gasteiger partial charge < -0.3 is 5.32 Å². The molecule has 4 heteroatoms. The molecule has 0 unspecified atom stereocenters. The fourth-order valence-corrected chi connectivity index (χ4v) is 2.74. The Labute approximate surface area is 86.1 Å². The first-order valence-electron chi connectivity index (χ1n) is 4.59. The number of anilines is 1. The molecule has 0 radical (unpaired) electrons. The topological polar surface area (TPSA) is 46.2 Å². The Morgan fingerprint density at radius 1 is 1.50 bits per heavy atom. The van der Waals surface area contributed by atoms with Crippen LogP contribution in [0.5, 0.6) is 0 Å². The van der Waals surface area contributed by atoms with Gasteiger partial charge in [-0.25, -0.2) is 0 Å². The van der Waals surface area contributed by atoms with Crippen LogP contribution in [0, 0.1) is 0 Å². The number of fused-ring (bicyclic) bond motifs is 1. The molecule has 1 amide bonds. The highest BCUT2D eigenvalue weighted by Gasteiger charge is 2.22. The molecule has 0 spiro atoms. The molecule has 0 bridgehead atoms. The second-order valence-electron chi connectivity index (χ2n) is 3.41. The summed E-state index contributed by atoms with van der Waals surface area (Å²) in [6, 6.07) is 0. The van der Waals surface area contributed by atoms with Crippen LogP contribution >= 0.6 is 11.3 Å². The van der Waals surface area contributed by atoms with Crippen molar-refractivity contribution in [3.63, 3.8) is 0 Å². The number of hydrogen-bond donors (Lipinski definition) is 1. The molecule has 3 nitrogen and oxygen atoms in total. The summed E-state index contributed by atoms with van der Waals surface area (Å²) in [6.45, 7) is 1.46. The van der Waals surface area contributed by atoms with E-state index in [0.29, 0.717) is 12.1 Å². The highest BCUT2D eigenvalue weighted by atomic mass is 32.1. The smallest absolute Gasteiger partial charge is 0.221 e. The number of ketones is 1. The number of carbonyl (C=O) groups is 2. The summed E-state index contributed by atoms with van der Waals surface area (Å²) in [5.74, 6) is 0.0419. The van der Waals surface area contributed by atoms with Crippen molar-refractivity contribution in [2.45, 2.75) is 26.2 Å². The molecule has 0 aromatic carbocycles. The molecule has 0 fully saturated rings. The molecule has 1 N–H and O–H groups in total. The summed E-state index contributed by atoms with van der Waals surface area (Å²) in [5.41, 5.74) is 1.44. The van der Waals surface area contributed by atoms with Gasteiger partial charge in [0.1, 0.15) is 0 Å². The number of aryl methyl sites for hydroxylation is 1. The molecule has 1 aromatic rings. The van der Waals surface area contributed by atoms with Crippen molar-refractivity contribution in [2.75, 3.05) is 5.32 Å². The zero-order chi connectivity index (χ0) is 10.1. The van der Waals surface area contributed by atoms with E-state index in [1.807, 2.05) is 5.38 Å². The summed E-state index contributed by atoms with van der Waals surface area (Å²) in [5, 5.41) is 4.55. The van der Waals surface area contributed by atoms with Gasteiger partial charge in [-0.15, -0.1) is 11.3 Å². The van der Waals surface area contributed by atoms with Crippen molar-refractivity contribution in [3.8, 4) is 0 Å². The van der Waals surface area contributed by atoms with Crippen LogP contribution in [0.2, 0.25) is 0 Å². The van der Waals surface area contributed by atoms with Gasteiger partial charge in [0.2, 0.25) is 5.91 Å². The van der Waals surface area contributed by atoms with E-state index in [2.05, 4.69) is 5.32 Å². The van der Waals surface area contributed by atoms with Gasteiger partial charge in [0, 0.05) is 23.6 Å². The third-order valence-electron chi connectivity index (χ3n) is 2.26. The van der Waals surface area contributed by atoms with Gasteiger partial charge in [0.05, 0.1) is 11.3 Å². The molecule has 14 heavy (non-hydrogen) atoms. The van der Waals surface area contributed by atoms with E-state index in [1.165, 1.54) is 6.92 Å². The largest absolute Gasteiger partial charge is 0.325 e. The minimum atomic E-state index is -0.121. The van der Waals surface area contributed by atoms with Crippen molar-refractivity contribution < 1.29 is 9.59 Å².